The molecule has 7 heteroatoms. The fraction of sp³-hybridized carbons (Fsp3) is 0.190. The lowest BCUT2D eigenvalue weighted by Crippen LogP contribution is -2.19. The van der Waals surface area contributed by atoms with Crippen molar-refractivity contribution in [1.29, 1.82) is 0 Å². The predicted molar refractivity (Wildman–Crippen MR) is 113 cm³/mol. The summed E-state index contributed by atoms with van der Waals surface area (Å²) in [5.74, 6) is 0.674. The smallest absolute Gasteiger partial charge is 0.316 e. The first kappa shape index (κ1) is 18.2. The van der Waals surface area contributed by atoms with Crippen molar-refractivity contribution in [3.05, 3.63) is 75.1 Å². The first-order chi connectivity index (χ1) is 13.5. The Kier molecular flexibility index (Phi) is 4.83. The van der Waals surface area contributed by atoms with E-state index in [-0.39, 0.29) is 5.75 Å². The molecule has 0 spiro atoms. The third-order valence-corrected chi connectivity index (χ3v) is 5.40. The van der Waals surface area contributed by atoms with Gasteiger partial charge in [-0.2, -0.15) is 4.98 Å². The topological polar surface area (TPSA) is 69.0 Å². The van der Waals surface area contributed by atoms with Crippen molar-refractivity contribution in [2.24, 2.45) is 0 Å². The third kappa shape index (κ3) is 3.61. The number of anilines is 2. The molecular formula is C21H20N4O2S. The second kappa shape index (κ2) is 7.44. The van der Waals surface area contributed by atoms with Gasteiger partial charge in [-0.15, -0.1) is 11.3 Å². The molecule has 0 aliphatic rings. The molecule has 0 bridgehead atoms. The summed E-state index contributed by atoms with van der Waals surface area (Å²) in [6, 6.07) is 14.1. The maximum Gasteiger partial charge on any atom is 0.316 e. The molecule has 0 aliphatic carbocycles. The molecule has 2 aromatic carbocycles. The number of aromatic nitrogens is 3. The van der Waals surface area contributed by atoms with Crippen LogP contribution in [0.15, 0.2) is 53.5 Å². The molecule has 0 atom stereocenters. The van der Waals surface area contributed by atoms with Gasteiger partial charge in [-0.25, -0.2) is 4.98 Å². The summed E-state index contributed by atoms with van der Waals surface area (Å²) in [5, 5.41) is 4.34. The maximum absolute atomic E-state index is 12.3. The lowest BCUT2D eigenvalue weighted by Gasteiger charge is -2.16. The Balaban J connectivity index is 1.77. The Bertz CT molecular complexity index is 1200. The second-order valence-electron chi connectivity index (χ2n) is 6.54. The van der Waals surface area contributed by atoms with Crippen LogP contribution in [0.1, 0.15) is 16.1 Å². The fourth-order valence-electron chi connectivity index (χ4n) is 3.06. The number of hydrogen-bond acceptors (Lipinski definition) is 6. The summed E-state index contributed by atoms with van der Waals surface area (Å²) in [5.41, 5.74) is 3.56. The molecule has 6 nitrogen and oxygen atoms in total. The van der Waals surface area contributed by atoms with Gasteiger partial charge in [-0.1, -0.05) is 30.3 Å². The van der Waals surface area contributed by atoms with Crippen molar-refractivity contribution in [1.82, 2.24) is 14.5 Å². The SMILES string of the molecule is COc1cn(Cc2ccccc2)c(Nc2cc3nc(C)sc3cc2C)nc1=O. The van der Waals surface area contributed by atoms with Gasteiger partial charge in [-0.3, -0.25) is 4.79 Å². The van der Waals surface area contributed by atoms with Gasteiger partial charge < -0.3 is 14.6 Å². The van der Waals surface area contributed by atoms with Crippen LogP contribution in [0, 0.1) is 13.8 Å². The van der Waals surface area contributed by atoms with Gasteiger partial charge in [0.15, 0.2) is 0 Å². The van der Waals surface area contributed by atoms with E-state index >= 15 is 0 Å². The zero-order valence-electron chi connectivity index (χ0n) is 15.9. The normalized spacial score (nSPS) is 11.0. The Morgan fingerprint density at radius 3 is 2.68 bits per heavy atom. The van der Waals surface area contributed by atoms with Crippen LogP contribution in [-0.2, 0) is 6.54 Å². The molecule has 0 saturated carbocycles. The average Bonchev–Trinajstić information content (AvgIpc) is 3.03. The van der Waals surface area contributed by atoms with Gasteiger partial charge in [0.25, 0.3) is 0 Å². The van der Waals surface area contributed by atoms with Crippen LogP contribution in [0.2, 0.25) is 0 Å². The van der Waals surface area contributed by atoms with E-state index in [1.54, 1.807) is 17.5 Å². The number of hydrogen-bond donors (Lipinski definition) is 1. The van der Waals surface area contributed by atoms with E-state index in [2.05, 4.69) is 21.4 Å². The summed E-state index contributed by atoms with van der Waals surface area (Å²) >= 11 is 1.67. The lowest BCUT2D eigenvalue weighted by molar-refractivity contribution is 0.402. The number of aryl methyl sites for hydroxylation is 2. The zero-order chi connectivity index (χ0) is 19.7. The zero-order valence-corrected chi connectivity index (χ0v) is 16.7. The highest BCUT2D eigenvalue weighted by molar-refractivity contribution is 7.18. The molecule has 2 heterocycles. The Hall–Kier alpha value is -3.19. The van der Waals surface area contributed by atoms with Crippen molar-refractivity contribution >= 4 is 33.2 Å². The standard InChI is InChI=1S/C21H20N4O2S/c1-13-9-19-17(22-14(2)28-19)10-16(13)23-21-24-20(26)18(27-3)12-25(21)11-15-7-5-4-6-8-15/h4-10,12H,11H2,1-3H3,(H,23,24,26). The summed E-state index contributed by atoms with van der Waals surface area (Å²) in [4.78, 5) is 21.0. The highest BCUT2D eigenvalue weighted by Gasteiger charge is 2.12. The predicted octanol–water partition coefficient (Wildman–Crippen LogP) is 4.27. The van der Waals surface area contributed by atoms with Gasteiger partial charge in [0.2, 0.25) is 11.7 Å². The first-order valence-electron chi connectivity index (χ1n) is 8.87. The van der Waals surface area contributed by atoms with E-state index in [0.29, 0.717) is 12.5 Å². The van der Waals surface area contributed by atoms with Crippen molar-refractivity contribution in [2.45, 2.75) is 20.4 Å². The van der Waals surface area contributed by atoms with Gasteiger partial charge in [-0.05, 0) is 37.1 Å². The minimum Gasteiger partial charge on any atom is -0.490 e. The molecule has 0 fully saturated rings. The quantitative estimate of drug-likeness (QED) is 0.549. The number of benzene rings is 2. The van der Waals surface area contributed by atoms with Crippen molar-refractivity contribution in [3.63, 3.8) is 0 Å². The summed E-state index contributed by atoms with van der Waals surface area (Å²) in [6.07, 6.45) is 1.69. The summed E-state index contributed by atoms with van der Waals surface area (Å²) < 4.78 is 8.20. The summed E-state index contributed by atoms with van der Waals surface area (Å²) in [7, 11) is 1.47. The molecule has 0 unspecified atom stereocenters. The van der Waals surface area contributed by atoms with Crippen LogP contribution in [0.4, 0.5) is 11.6 Å². The molecule has 0 saturated heterocycles. The Morgan fingerprint density at radius 1 is 1.14 bits per heavy atom. The van der Waals surface area contributed by atoms with Crippen molar-refractivity contribution in [2.75, 3.05) is 12.4 Å². The number of methoxy groups -OCH3 is 1. The number of rotatable bonds is 5. The van der Waals surface area contributed by atoms with Crippen LogP contribution in [-0.4, -0.2) is 21.6 Å². The molecule has 4 rings (SSSR count). The highest BCUT2D eigenvalue weighted by atomic mass is 32.1. The number of nitrogens with one attached hydrogen (secondary N) is 1. The number of fused-ring (bicyclic) bond motifs is 1. The Morgan fingerprint density at radius 2 is 1.93 bits per heavy atom. The first-order valence-corrected chi connectivity index (χ1v) is 9.69. The van der Waals surface area contributed by atoms with E-state index < -0.39 is 5.56 Å². The molecule has 0 aliphatic heterocycles. The summed E-state index contributed by atoms with van der Waals surface area (Å²) in [6.45, 7) is 4.58. The van der Waals surface area contributed by atoms with Gasteiger partial charge in [0.05, 0.1) is 35.1 Å². The van der Waals surface area contributed by atoms with Gasteiger partial charge >= 0.3 is 5.56 Å². The minimum absolute atomic E-state index is 0.212. The van der Waals surface area contributed by atoms with Gasteiger partial charge in [0, 0.05) is 5.69 Å². The van der Waals surface area contributed by atoms with Crippen LogP contribution < -0.4 is 15.6 Å². The molecule has 0 radical (unpaired) electrons. The average molecular weight is 392 g/mol. The third-order valence-electron chi connectivity index (χ3n) is 4.47. The number of nitrogens with zero attached hydrogens (tertiary/aromatic N) is 3. The largest absolute Gasteiger partial charge is 0.490 e. The van der Waals surface area contributed by atoms with Crippen LogP contribution in [0.5, 0.6) is 5.75 Å². The highest BCUT2D eigenvalue weighted by Crippen LogP contribution is 2.29. The maximum atomic E-state index is 12.3. The minimum atomic E-state index is -0.405. The molecule has 1 N–H and O–H groups in total. The van der Waals surface area contributed by atoms with E-state index in [0.717, 1.165) is 32.0 Å². The Labute approximate surface area is 166 Å². The van der Waals surface area contributed by atoms with E-state index in [9.17, 15) is 4.79 Å². The van der Waals surface area contributed by atoms with E-state index in [1.165, 1.54) is 7.11 Å². The van der Waals surface area contributed by atoms with Crippen LogP contribution >= 0.6 is 11.3 Å². The van der Waals surface area contributed by atoms with Crippen LogP contribution in [0.3, 0.4) is 0 Å². The molecule has 142 valence electrons. The molecule has 2 aromatic heterocycles. The van der Waals surface area contributed by atoms with Crippen molar-refractivity contribution in [3.8, 4) is 5.75 Å². The molecule has 0 amide bonds. The van der Waals surface area contributed by atoms with E-state index in [4.69, 9.17) is 4.74 Å². The monoisotopic (exact) mass is 392 g/mol. The van der Waals surface area contributed by atoms with E-state index in [1.807, 2.05) is 54.8 Å². The molecule has 28 heavy (non-hydrogen) atoms. The van der Waals surface area contributed by atoms with Crippen LogP contribution in [0.25, 0.3) is 10.2 Å². The lowest BCUT2D eigenvalue weighted by atomic mass is 10.2. The van der Waals surface area contributed by atoms with Gasteiger partial charge in [0.1, 0.15) is 0 Å². The van der Waals surface area contributed by atoms with Crippen molar-refractivity contribution < 1.29 is 4.74 Å². The number of ether oxygens (including phenoxy) is 1. The fourth-order valence-corrected chi connectivity index (χ4v) is 3.97. The second-order valence-corrected chi connectivity index (χ2v) is 7.78. The number of thiazole rings is 1. The molecule has 4 aromatic rings. The molecular weight excluding hydrogens is 372 g/mol.